The average Bonchev–Trinajstić information content (AvgIpc) is 2.64. The van der Waals surface area contributed by atoms with Crippen LogP contribution in [0, 0.1) is 17.8 Å². The van der Waals surface area contributed by atoms with Crippen molar-refractivity contribution in [3.8, 4) is 0 Å². The van der Waals surface area contributed by atoms with Crippen molar-refractivity contribution in [3.63, 3.8) is 0 Å². The third kappa shape index (κ3) is 4.14. The Morgan fingerprint density at radius 2 is 1.93 bits per heavy atom. The predicted molar refractivity (Wildman–Crippen MR) is 68.0 cm³/mol. The van der Waals surface area contributed by atoms with Crippen LogP contribution in [0.25, 0.3) is 0 Å². The molecular formula is C14H29N. The lowest BCUT2D eigenvalue weighted by molar-refractivity contribution is 0.305. The van der Waals surface area contributed by atoms with Crippen molar-refractivity contribution in [2.24, 2.45) is 17.8 Å². The van der Waals surface area contributed by atoms with E-state index in [1.807, 2.05) is 0 Å². The molecule has 1 saturated carbocycles. The van der Waals surface area contributed by atoms with Gasteiger partial charge in [-0.2, -0.15) is 0 Å². The Morgan fingerprint density at radius 3 is 2.40 bits per heavy atom. The SMILES string of the molecule is CCNC(CC(C)C)C1CCC(CC)C1. The molecule has 1 aliphatic carbocycles. The van der Waals surface area contributed by atoms with Crippen molar-refractivity contribution in [1.82, 2.24) is 5.32 Å². The van der Waals surface area contributed by atoms with Crippen molar-refractivity contribution in [3.05, 3.63) is 0 Å². The fourth-order valence-electron chi connectivity index (χ4n) is 3.06. The molecule has 15 heavy (non-hydrogen) atoms. The molecule has 3 atom stereocenters. The van der Waals surface area contributed by atoms with Crippen LogP contribution in [-0.2, 0) is 0 Å². The summed E-state index contributed by atoms with van der Waals surface area (Å²) in [6.45, 7) is 10.4. The van der Waals surface area contributed by atoms with Crippen molar-refractivity contribution >= 4 is 0 Å². The molecule has 1 N–H and O–H groups in total. The maximum absolute atomic E-state index is 3.70. The molecule has 0 heterocycles. The quantitative estimate of drug-likeness (QED) is 0.704. The highest BCUT2D eigenvalue weighted by molar-refractivity contribution is 4.84. The molecule has 0 aromatic rings. The van der Waals surface area contributed by atoms with E-state index < -0.39 is 0 Å². The molecule has 0 radical (unpaired) electrons. The second-order valence-corrected chi connectivity index (χ2v) is 5.64. The van der Waals surface area contributed by atoms with Gasteiger partial charge in [0, 0.05) is 6.04 Å². The van der Waals surface area contributed by atoms with Gasteiger partial charge in [-0.3, -0.25) is 0 Å². The van der Waals surface area contributed by atoms with E-state index in [0.717, 1.165) is 30.3 Å². The van der Waals surface area contributed by atoms with Gasteiger partial charge in [-0.05, 0) is 43.6 Å². The first kappa shape index (κ1) is 13.0. The lowest BCUT2D eigenvalue weighted by Gasteiger charge is -2.26. The maximum Gasteiger partial charge on any atom is 0.00977 e. The Hall–Kier alpha value is -0.0400. The van der Waals surface area contributed by atoms with Crippen LogP contribution in [0.5, 0.6) is 0 Å². The number of rotatable bonds is 6. The summed E-state index contributed by atoms with van der Waals surface area (Å²) in [5.74, 6) is 2.80. The molecule has 1 rings (SSSR count). The summed E-state index contributed by atoms with van der Waals surface area (Å²) < 4.78 is 0. The highest BCUT2D eigenvalue weighted by atomic mass is 14.9. The molecule has 0 bridgehead atoms. The van der Waals surface area contributed by atoms with Crippen molar-refractivity contribution in [1.29, 1.82) is 0 Å². The van der Waals surface area contributed by atoms with E-state index in [9.17, 15) is 0 Å². The average molecular weight is 211 g/mol. The molecule has 1 nitrogen and oxygen atoms in total. The summed E-state index contributed by atoms with van der Waals surface area (Å²) in [7, 11) is 0. The molecule has 0 aromatic carbocycles. The lowest BCUT2D eigenvalue weighted by Crippen LogP contribution is -2.36. The third-order valence-electron chi connectivity index (χ3n) is 3.92. The van der Waals surface area contributed by atoms with Crippen LogP contribution in [0.3, 0.4) is 0 Å². The Bertz CT molecular complexity index is 165. The summed E-state index contributed by atoms with van der Waals surface area (Å²) in [4.78, 5) is 0. The summed E-state index contributed by atoms with van der Waals surface area (Å²) in [5, 5.41) is 3.70. The van der Waals surface area contributed by atoms with Crippen molar-refractivity contribution in [2.45, 2.75) is 65.8 Å². The topological polar surface area (TPSA) is 12.0 Å². The zero-order chi connectivity index (χ0) is 11.3. The molecule has 0 spiro atoms. The fraction of sp³-hybridized carbons (Fsp3) is 1.00. The Labute approximate surface area is 96.0 Å². The van der Waals surface area contributed by atoms with Crippen molar-refractivity contribution in [2.75, 3.05) is 6.54 Å². The summed E-state index contributed by atoms with van der Waals surface area (Å²) in [6.07, 6.45) is 7.15. The van der Waals surface area contributed by atoms with Gasteiger partial charge in [0.1, 0.15) is 0 Å². The molecule has 0 aromatic heterocycles. The fourth-order valence-corrected chi connectivity index (χ4v) is 3.06. The van der Waals surface area contributed by atoms with Gasteiger partial charge in [-0.15, -0.1) is 0 Å². The minimum absolute atomic E-state index is 0.784. The van der Waals surface area contributed by atoms with Crippen molar-refractivity contribution < 1.29 is 0 Å². The van der Waals surface area contributed by atoms with Crippen LogP contribution < -0.4 is 5.32 Å². The molecule has 3 unspecified atom stereocenters. The highest BCUT2D eigenvalue weighted by Gasteiger charge is 2.29. The van der Waals surface area contributed by atoms with Crippen LogP contribution in [0.4, 0.5) is 0 Å². The van der Waals surface area contributed by atoms with E-state index in [-0.39, 0.29) is 0 Å². The summed E-state index contributed by atoms with van der Waals surface area (Å²) in [5.41, 5.74) is 0. The summed E-state index contributed by atoms with van der Waals surface area (Å²) in [6, 6.07) is 0.784. The van der Waals surface area contributed by atoms with Gasteiger partial charge in [0.05, 0.1) is 0 Å². The molecule has 1 aliphatic rings. The predicted octanol–water partition coefficient (Wildman–Crippen LogP) is 3.84. The number of nitrogens with one attached hydrogen (secondary N) is 1. The molecule has 0 amide bonds. The van der Waals surface area contributed by atoms with E-state index in [2.05, 4.69) is 33.0 Å². The molecule has 0 saturated heterocycles. The van der Waals surface area contributed by atoms with E-state index >= 15 is 0 Å². The van der Waals surface area contributed by atoms with Crippen LogP contribution in [-0.4, -0.2) is 12.6 Å². The first-order chi connectivity index (χ1) is 7.17. The smallest absolute Gasteiger partial charge is 0.00977 e. The normalized spacial score (nSPS) is 28.6. The minimum atomic E-state index is 0.784. The summed E-state index contributed by atoms with van der Waals surface area (Å²) >= 11 is 0. The van der Waals surface area contributed by atoms with Gasteiger partial charge in [-0.1, -0.05) is 40.5 Å². The van der Waals surface area contributed by atoms with Gasteiger partial charge in [0.15, 0.2) is 0 Å². The van der Waals surface area contributed by atoms with Crippen LogP contribution in [0.2, 0.25) is 0 Å². The Balaban J connectivity index is 2.42. The Kier molecular flexibility index (Phi) is 5.66. The molecule has 1 heteroatoms. The highest BCUT2D eigenvalue weighted by Crippen LogP contribution is 2.36. The first-order valence-corrected chi connectivity index (χ1v) is 6.90. The van der Waals surface area contributed by atoms with Gasteiger partial charge < -0.3 is 5.32 Å². The number of hydrogen-bond donors (Lipinski definition) is 1. The van der Waals surface area contributed by atoms with Gasteiger partial charge >= 0.3 is 0 Å². The monoisotopic (exact) mass is 211 g/mol. The Morgan fingerprint density at radius 1 is 1.20 bits per heavy atom. The molecule has 1 fully saturated rings. The second-order valence-electron chi connectivity index (χ2n) is 5.64. The van der Waals surface area contributed by atoms with Crippen LogP contribution in [0.1, 0.15) is 59.8 Å². The van der Waals surface area contributed by atoms with E-state index in [0.29, 0.717) is 0 Å². The van der Waals surface area contributed by atoms with Gasteiger partial charge in [-0.25, -0.2) is 0 Å². The van der Waals surface area contributed by atoms with Crippen LogP contribution >= 0.6 is 0 Å². The standard InChI is InChI=1S/C14H29N/c1-5-12-7-8-13(10-12)14(15-6-2)9-11(3)4/h11-15H,5-10H2,1-4H3. The van der Waals surface area contributed by atoms with Gasteiger partial charge in [0.25, 0.3) is 0 Å². The second kappa shape index (κ2) is 6.52. The molecule has 0 aliphatic heterocycles. The third-order valence-corrected chi connectivity index (χ3v) is 3.92. The van der Waals surface area contributed by atoms with Gasteiger partial charge in [0.2, 0.25) is 0 Å². The van der Waals surface area contributed by atoms with E-state index in [1.165, 1.54) is 32.1 Å². The lowest BCUT2D eigenvalue weighted by atomic mass is 9.89. The van der Waals surface area contributed by atoms with E-state index in [4.69, 9.17) is 0 Å². The maximum atomic E-state index is 3.70. The van der Waals surface area contributed by atoms with E-state index in [1.54, 1.807) is 0 Å². The largest absolute Gasteiger partial charge is 0.314 e. The molecule has 90 valence electrons. The van der Waals surface area contributed by atoms with Crippen LogP contribution in [0.15, 0.2) is 0 Å². The minimum Gasteiger partial charge on any atom is -0.314 e. The molecular weight excluding hydrogens is 182 g/mol. The number of hydrogen-bond acceptors (Lipinski definition) is 1. The zero-order valence-electron chi connectivity index (χ0n) is 11.1. The first-order valence-electron chi connectivity index (χ1n) is 6.90. The zero-order valence-corrected chi connectivity index (χ0v) is 11.1.